The van der Waals surface area contributed by atoms with Gasteiger partial charge in [0.15, 0.2) is 0 Å². The molecule has 0 rings (SSSR count). The molecule has 0 aliphatic rings. The molecule has 0 radical (unpaired) electrons. The summed E-state index contributed by atoms with van der Waals surface area (Å²) in [5, 5.41) is 8.92. The highest BCUT2D eigenvalue weighted by molar-refractivity contribution is 4.89. The van der Waals surface area contributed by atoms with E-state index in [0.29, 0.717) is 6.42 Å². The van der Waals surface area contributed by atoms with Crippen LogP contribution in [0.2, 0.25) is 0 Å². The molecule has 0 aromatic rings. The summed E-state index contributed by atoms with van der Waals surface area (Å²) in [6.07, 6.45) is 6.90. The first-order valence-corrected chi connectivity index (χ1v) is 3.26. The maximum absolute atomic E-state index is 8.92. The van der Waals surface area contributed by atoms with E-state index in [1.165, 1.54) is 0 Å². The molecule has 0 aromatic carbocycles. The van der Waals surface area contributed by atoms with E-state index >= 15 is 0 Å². The third-order valence-corrected chi connectivity index (χ3v) is 1.05. The van der Waals surface area contributed by atoms with Crippen LogP contribution in [0.4, 0.5) is 0 Å². The molecule has 0 saturated heterocycles. The van der Waals surface area contributed by atoms with Crippen molar-refractivity contribution in [2.75, 3.05) is 0 Å². The average Bonchev–Trinajstić information content (AvgIpc) is 1.89. The van der Waals surface area contributed by atoms with Gasteiger partial charge >= 0.3 is 0 Å². The maximum Gasteiger partial charge on any atom is 0.0752 e. The number of hydrogen-bond donors (Lipinski definition) is 1. The van der Waals surface area contributed by atoms with Crippen LogP contribution in [0.1, 0.15) is 19.8 Å². The maximum atomic E-state index is 8.92. The fraction of sp³-hybridized carbons (Fsp3) is 0.500. The van der Waals surface area contributed by atoms with Crippen molar-refractivity contribution in [1.82, 2.24) is 0 Å². The van der Waals surface area contributed by atoms with E-state index in [1.54, 1.807) is 6.08 Å². The van der Waals surface area contributed by atoms with Crippen LogP contribution < -0.4 is 0 Å². The van der Waals surface area contributed by atoms with E-state index in [-0.39, 0.29) is 6.10 Å². The first-order valence-electron chi connectivity index (χ1n) is 3.26. The Labute approximate surface area is 56.7 Å². The van der Waals surface area contributed by atoms with Crippen LogP contribution in [0.25, 0.3) is 0 Å². The molecule has 0 saturated carbocycles. The van der Waals surface area contributed by atoms with Crippen LogP contribution in [-0.2, 0) is 0 Å². The molecular weight excluding hydrogens is 112 g/mol. The smallest absolute Gasteiger partial charge is 0.0752 e. The number of rotatable bonds is 4. The van der Waals surface area contributed by atoms with Gasteiger partial charge in [-0.05, 0) is 12.8 Å². The van der Waals surface area contributed by atoms with Gasteiger partial charge in [-0.1, -0.05) is 25.2 Å². The van der Waals surface area contributed by atoms with Crippen LogP contribution >= 0.6 is 0 Å². The molecule has 0 aliphatic carbocycles. The normalized spacial score (nSPS) is 14.0. The summed E-state index contributed by atoms with van der Waals surface area (Å²) < 4.78 is 0. The van der Waals surface area contributed by atoms with Crippen molar-refractivity contribution in [3.63, 3.8) is 0 Å². The Kier molecular flexibility index (Phi) is 5.23. The van der Waals surface area contributed by atoms with E-state index in [0.717, 1.165) is 6.42 Å². The van der Waals surface area contributed by atoms with E-state index in [2.05, 4.69) is 13.5 Å². The molecule has 0 amide bonds. The predicted molar refractivity (Wildman–Crippen MR) is 40.3 cm³/mol. The second-order valence-electron chi connectivity index (χ2n) is 1.92. The van der Waals surface area contributed by atoms with Gasteiger partial charge < -0.3 is 5.11 Å². The topological polar surface area (TPSA) is 20.2 Å². The van der Waals surface area contributed by atoms with Gasteiger partial charge in [0.2, 0.25) is 0 Å². The lowest BCUT2D eigenvalue weighted by molar-refractivity contribution is 0.227. The predicted octanol–water partition coefficient (Wildman–Crippen LogP) is 1.89. The van der Waals surface area contributed by atoms with Gasteiger partial charge in [0.25, 0.3) is 0 Å². The average molecular weight is 126 g/mol. The molecular formula is C8H14O. The van der Waals surface area contributed by atoms with Crippen LogP contribution in [0.5, 0.6) is 0 Å². The molecule has 0 spiro atoms. The Balaban J connectivity index is 3.25. The fourth-order valence-electron chi connectivity index (χ4n) is 0.499. The first-order chi connectivity index (χ1) is 4.31. The zero-order chi connectivity index (χ0) is 7.11. The van der Waals surface area contributed by atoms with Gasteiger partial charge in [-0.3, -0.25) is 0 Å². The second kappa shape index (κ2) is 5.57. The molecule has 1 N–H and O–H groups in total. The highest BCUT2D eigenvalue weighted by Gasteiger charge is 1.89. The van der Waals surface area contributed by atoms with E-state index in [1.807, 2.05) is 12.2 Å². The number of hydrogen-bond acceptors (Lipinski definition) is 1. The van der Waals surface area contributed by atoms with Crippen molar-refractivity contribution in [3.8, 4) is 0 Å². The summed E-state index contributed by atoms with van der Waals surface area (Å²) in [5.74, 6) is 0. The minimum Gasteiger partial charge on any atom is -0.389 e. The Morgan fingerprint density at radius 3 is 2.67 bits per heavy atom. The summed E-state index contributed by atoms with van der Waals surface area (Å²) in [7, 11) is 0. The van der Waals surface area contributed by atoms with Crippen molar-refractivity contribution < 1.29 is 5.11 Å². The lowest BCUT2D eigenvalue weighted by Crippen LogP contribution is -1.97. The molecule has 52 valence electrons. The highest BCUT2D eigenvalue weighted by Crippen LogP contribution is 1.93. The van der Waals surface area contributed by atoms with Crippen molar-refractivity contribution in [3.05, 3.63) is 24.8 Å². The molecule has 1 heteroatoms. The Hall–Kier alpha value is -0.560. The standard InChI is InChI=1S/C8H14O/c1-3-5-6-7-8(9)4-2/h4-6,8-9H,2-3,7H2,1H3/b6-5-/t8-/m0/s1. The molecule has 1 nitrogen and oxygen atoms in total. The summed E-state index contributed by atoms with van der Waals surface area (Å²) in [5.41, 5.74) is 0. The zero-order valence-electron chi connectivity index (χ0n) is 5.88. The minimum absolute atomic E-state index is 0.368. The molecule has 9 heavy (non-hydrogen) atoms. The van der Waals surface area contributed by atoms with Gasteiger partial charge in [0.1, 0.15) is 0 Å². The summed E-state index contributed by atoms with van der Waals surface area (Å²) in [6.45, 7) is 5.52. The molecule has 0 aromatic heterocycles. The summed E-state index contributed by atoms with van der Waals surface area (Å²) in [6, 6.07) is 0. The Bertz CT molecular complexity index is 94.7. The molecule has 0 fully saturated rings. The SMILES string of the molecule is C=C[C@H](O)C/C=C\CC. The van der Waals surface area contributed by atoms with Crippen molar-refractivity contribution >= 4 is 0 Å². The van der Waals surface area contributed by atoms with Gasteiger partial charge in [-0.2, -0.15) is 0 Å². The van der Waals surface area contributed by atoms with Crippen LogP contribution in [0.3, 0.4) is 0 Å². The van der Waals surface area contributed by atoms with E-state index in [4.69, 9.17) is 5.11 Å². The lowest BCUT2D eigenvalue weighted by atomic mass is 10.2. The monoisotopic (exact) mass is 126 g/mol. The zero-order valence-corrected chi connectivity index (χ0v) is 5.88. The summed E-state index contributed by atoms with van der Waals surface area (Å²) >= 11 is 0. The van der Waals surface area contributed by atoms with E-state index < -0.39 is 0 Å². The Morgan fingerprint density at radius 2 is 2.22 bits per heavy atom. The molecule has 0 heterocycles. The van der Waals surface area contributed by atoms with Gasteiger partial charge in [-0.25, -0.2) is 0 Å². The fourth-order valence-corrected chi connectivity index (χ4v) is 0.499. The van der Waals surface area contributed by atoms with Crippen molar-refractivity contribution in [2.45, 2.75) is 25.9 Å². The van der Waals surface area contributed by atoms with Gasteiger partial charge in [0.05, 0.1) is 6.10 Å². The van der Waals surface area contributed by atoms with Crippen molar-refractivity contribution in [1.29, 1.82) is 0 Å². The molecule has 0 bridgehead atoms. The molecule has 1 atom stereocenters. The third kappa shape index (κ3) is 5.31. The van der Waals surface area contributed by atoms with E-state index in [9.17, 15) is 0 Å². The van der Waals surface area contributed by atoms with Crippen LogP contribution in [0.15, 0.2) is 24.8 Å². The number of aliphatic hydroxyl groups is 1. The van der Waals surface area contributed by atoms with Crippen LogP contribution in [0, 0.1) is 0 Å². The largest absolute Gasteiger partial charge is 0.389 e. The van der Waals surface area contributed by atoms with Gasteiger partial charge in [-0.15, -0.1) is 6.58 Å². The second-order valence-corrected chi connectivity index (χ2v) is 1.92. The van der Waals surface area contributed by atoms with Gasteiger partial charge in [0, 0.05) is 0 Å². The van der Waals surface area contributed by atoms with Crippen LogP contribution in [-0.4, -0.2) is 11.2 Å². The summed E-state index contributed by atoms with van der Waals surface area (Å²) in [4.78, 5) is 0. The third-order valence-electron chi connectivity index (χ3n) is 1.05. The minimum atomic E-state index is -0.368. The first kappa shape index (κ1) is 8.44. The van der Waals surface area contributed by atoms with Crippen molar-refractivity contribution in [2.24, 2.45) is 0 Å². The quantitative estimate of drug-likeness (QED) is 0.570. The number of allylic oxidation sites excluding steroid dienone is 1. The number of aliphatic hydroxyl groups excluding tert-OH is 1. The highest BCUT2D eigenvalue weighted by atomic mass is 16.3. The lowest BCUT2D eigenvalue weighted by Gasteiger charge is -1.96. The Morgan fingerprint density at radius 1 is 1.56 bits per heavy atom. The molecule has 0 aliphatic heterocycles. The molecule has 0 unspecified atom stereocenters.